The number of amides is 1. The summed E-state index contributed by atoms with van der Waals surface area (Å²) in [6.45, 7) is 3.81. The predicted molar refractivity (Wildman–Crippen MR) is 77.1 cm³/mol. The van der Waals surface area contributed by atoms with Crippen molar-refractivity contribution >= 4 is 11.9 Å². The van der Waals surface area contributed by atoms with Crippen molar-refractivity contribution in [3.63, 3.8) is 0 Å². The highest BCUT2D eigenvalue weighted by Crippen LogP contribution is 2.22. The van der Waals surface area contributed by atoms with Gasteiger partial charge in [-0.3, -0.25) is 9.59 Å². The molecular formula is C15H18N2O5. The zero-order valence-electron chi connectivity index (χ0n) is 12.5. The molecule has 1 unspecified atom stereocenters. The third-order valence-corrected chi connectivity index (χ3v) is 3.12. The summed E-state index contributed by atoms with van der Waals surface area (Å²) < 4.78 is 10.7. The first-order chi connectivity index (χ1) is 10.5. The summed E-state index contributed by atoms with van der Waals surface area (Å²) >= 11 is 0. The van der Waals surface area contributed by atoms with Crippen molar-refractivity contribution in [1.82, 2.24) is 10.3 Å². The van der Waals surface area contributed by atoms with Crippen LogP contribution in [0.15, 0.2) is 27.2 Å². The first-order valence-corrected chi connectivity index (χ1v) is 6.94. The maximum absolute atomic E-state index is 11.9. The molecule has 1 amide bonds. The molecule has 1 atom stereocenters. The van der Waals surface area contributed by atoms with Crippen LogP contribution in [-0.4, -0.2) is 28.5 Å². The number of carbonyl (C=O) groups excluding carboxylic acids is 1. The Morgan fingerprint density at radius 2 is 2.23 bits per heavy atom. The van der Waals surface area contributed by atoms with Gasteiger partial charge in [0.05, 0.1) is 18.4 Å². The zero-order valence-corrected chi connectivity index (χ0v) is 12.5. The van der Waals surface area contributed by atoms with Crippen molar-refractivity contribution in [1.29, 1.82) is 0 Å². The van der Waals surface area contributed by atoms with Gasteiger partial charge in [-0.2, -0.15) is 0 Å². The van der Waals surface area contributed by atoms with E-state index in [1.807, 2.05) is 0 Å². The lowest BCUT2D eigenvalue weighted by molar-refractivity contribution is -0.138. The number of aromatic nitrogens is 1. The number of oxazole rings is 1. The normalized spacial score (nSPS) is 12.1. The van der Waals surface area contributed by atoms with Gasteiger partial charge in [0.2, 0.25) is 5.91 Å². The average Bonchev–Trinajstić information content (AvgIpc) is 3.06. The van der Waals surface area contributed by atoms with Crippen molar-refractivity contribution in [2.45, 2.75) is 26.7 Å². The molecule has 0 aliphatic carbocycles. The van der Waals surface area contributed by atoms with Crippen LogP contribution >= 0.6 is 0 Å². The molecule has 7 nitrogen and oxygen atoms in total. The van der Waals surface area contributed by atoms with Crippen molar-refractivity contribution in [2.75, 3.05) is 6.54 Å². The van der Waals surface area contributed by atoms with E-state index in [2.05, 4.69) is 10.3 Å². The molecule has 0 aromatic carbocycles. The van der Waals surface area contributed by atoms with Gasteiger partial charge in [0.15, 0.2) is 5.76 Å². The van der Waals surface area contributed by atoms with Gasteiger partial charge in [-0.1, -0.05) is 6.92 Å². The van der Waals surface area contributed by atoms with E-state index in [1.54, 1.807) is 26.0 Å². The fourth-order valence-corrected chi connectivity index (χ4v) is 1.97. The minimum atomic E-state index is -0.878. The molecule has 0 aliphatic heterocycles. The van der Waals surface area contributed by atoms with Gasteiger partial charge in [-0.05, 0) is 25.0 Å². The second-order valence-electron chi connectivity index (χ2n) is 5.18. The Kier molecular flexibility index (Phi) is 4.98. The van der Waals surface area contributed by atoms with Gasteiger partial charge < -0.3 is 19.3 Å². The van der Waals surface area contributed by atoms with Crippen LogP contribution in [0.5, 0.6) is 0 Å². The summed E-state index contributed by atoms with van der Waals surface area (Å²) in [6.07, 6.45) is 1.62. The number of hydrogen-bond donors (Lipinski definition) is 2. The summed E-state index contributed by atoms with van der Waals surface area (Å²) in [5, 5.41) is 11.4. The van der Waals surface area contributed by atoms with Gasteiger partial charge in [-0.15, -0.1) is 0 Å². The zero-order chi connectivity index (χ0) is 16.1. The number of nitrogens with one attached hydrogen (secondary N) is 1. The number of aliphatic carboxylic acids is 1. The van der Waals surface area contributed by atoms with Crippen LogP contribution in [0.3, 0.4) is 0 Å². The van der Waals surface area contributed by atoms with E-state index < -0.39 is 5.97 Å². The monoisotopic (exact) mass is 306 g/mol. The van der Waals surface area contributed by atoms with Crippen LogP contribution in [0, 0.1) is 12.8 Å². The number of rotatable bonds is 7. The molecule has 0 radical (unpaired) electrons. The molecule has 0 fully saturated rings. The first-order valence-electron chi connectivity index (χ1n) is 6.94. The minimum Gasteiger partial charge on any atom is -0.481 e. The summed E-state index contributed by atoms with van der Waals surface area (Å²) in [5.74, 6) is 0.171. The fraction of sp³-hybridized carbons (Fsp3) is 0.400. The lowest BCUT2D eigenvalue weighted by Crippen LogP contribution is -2.30. The van der Waals surface area contributed by atoms with E-state index in [4.69, 9.17) is 13.9 Å². The second kappa shape index (κ2) is 6.93. The molecule has 118 valence electrons. The van der Waals surface area contributed by atoms with E-state index in [0.29, 0.717) is 29.6 Å². The molecule has 7 heteroatoms. The summed E-state index contributed by atoms with van der Waals surface area (Å²) in [5.41, 5.74) is 0.537. The van der Waals surface area contributed by atoms with Gasteiger partial charge in [0, 0.05) is 13.0 Å². The Balaban J connectivity index is 1.90. The largest absolute Gasteiger partial charge is 0.481 e. The van der Waals surface area contributed by atoms with E-state index in [-0.39, 0.29) is 24.7 Å². The standard InChI is InChI=1S/C15H18N2O5/c1-9(6-14(19)20)8-16-13(18)7-11-10(2)22-15(17-11)12-4-3-5-21-12/h3-5,9H,6-8H2,1-2H3,(H,16,18)(H,19,20). The quantitative estimate of drug-likeness (QED) is 0.810. The van der Waals surface area contributed by atoms with Gasteiger partial charge in [0.1, 0.15) is 5.76 Å². The number of carboxylic acids is 1. The molecule has 22 heavy (non-hydrogen) atoms. The maximum Gasteiger partial charge on any atom is 0.303 e. The van der Waals surface area contributed by atoms with Crippen LogP contribution < -0.4 is 5.32 Å². The maximum atomic E-state index is 11.9. The number of carboxylic acid groups (broad SMARTS) is 1. The molecule has 2 heterocycles. The lowest BCUT2D eigenvalue weighted by Gasteiger charge is -2.09. The number of carbonyl (C=O) groups is 2. The van der Waals surface area contributed by atoms with Crippen LogP contribution in [0.1, 0.15) is 24.8 Å². The Labute approximate surface area is 127 Å². The Morgan fingerprint density at radius 1 is 1.45 bits per heavy atom. The highest BCUT2D eigenvalue weighted by Gasteiger charge is 2.16. The fourth-order valence-electron chi connectivity index (χ4n) is 1.97. The first kappa shape index (κ1) is 15.8. The van der Waals surface area contributed by atoms with Gasteiger partial charge in [0.25, 0.3) is 5.89 Å². The van der Waals surface area contributed by atoms with Gasteiger partial charge >= 0.3 is 5.97 Å². The average molecular weight is 306 g/mol. The molecule has 0 bridgehead atoms. The number of hydrogen-bond acceptors (Lipinski definition) is 5. The second-order valence-corrected chi connectivity index (χ2v) is 5.18. The molecule has 2 aromatic heterocycles. The third kappa shape index (κ3) is 4.21. The highest BCUT2D eigenvalue weighted by molar-refractivity contribution is 5.78. The minimum absolute atomic E-state index is 0.0198. The van der Waals surface area contributed by atoms with Crippen LogP contribution in [0.25, 0.3) is 11.7 Å². The number of furan rings is 1. The molecule has 0 saturated heterocycles. The molecule has 2 rings (SSSR count). The SMILES string of the molecule is Cc1oc(-c2ccco2)nc1CC(=O)NCC(C)CC(=O)O. The van der Waals surface area contributed by atoms with Crippen LogP contribution in [-0.2, 0) is 16.0 Å². The summed E-state index contributed by atoms with van der Waals surface area (Å²) in [4.78, 5) is 26.7. The highest BCUT2D eigenvalue weighted by atomic mass is 16.4. The van der Waals surface area contributed by atoms with Crippen molar-refractivity contribution in [2.24, 2.45) is 5.92 Å². The van der Waals surface area contributed by atoms with Crippen molar-refractivity contribution in [3.8, 4) is 11.7 Å². The van der Waals surface area contributed by atoms with E-state index in [1.165, 1.54) is 6.26 Å². The molecular weight excluding hydrogens is 288 g/mol. The Bertz CT molecular complexity index is 645. The molecule has 2 aromatic rings. The number of nitrogens with zero attached hydrogens (tertiary/aromatic N) is 1. The van der Waals surface area contributed by atoms with Crippen LogP contribution in [0.2, 0.25) is 0 Å². The summed E-state index contributed by atoms with van der Waals surface area (Å²) in [7, 11) is 0. The lowest BCUT2D eigenvalue weighted by atomic mass is 10.1. The van der Waals surface area contributed by atoms with E-state index >= 15 is 0 Å². The summed E-state index contributed by atoms with van der Waals surface area (Å²) in [6, 6.07) is 3.45. The molecule has 0 saturated carbocycles. The van der Waals surface area contributed by atoms with E-state index in [0.717, 1.165) is 0 Å². The Morgan fingerprint density at radius 3 is 2.86 bits per heavy atom. The van der Waals surface area contributed by atoms with Crippen LogP contribution in [0.4, 0.5) is 0 Å². The molecule has 2 N–H and O–H groups in total. The van der Waals surface area contributed by atoms with Crippen molar-refractivity contribution < 1.29 is 23.5 Å². The van der Waals surface area contributed by atoms with Crippen molar-refractivity contribution in [3.05, 3.63) is 29.9 Å². The third-order valence-electron chi connectivity index (χ3n) is 3.12. The van der Waals surface area contributed by atoms with E-state index in [9.17, 15) is 9.59 Å². The smallest absolute Gasteiger partial charge is 0.303 e. The Hall–Kier alpha value is -2.57. The topological polar surface area (TPSA) is 106 Å². The van der Waals surface area contributed by atoms with Gasteiger partial charge in [-0.25, -0.2) is 4.98 Å². The number of aryl methyl sites for hydroxylation is 1. The molecule has 0 aliphatic rings. The molecule has 0 spiro atoms. The predicted octanol–water partition coefficient (Wildman–Crippen LogP) is 2.01.